The lowest BCUT2D eigenvalue weighted by Crippen LogP contribution is -2.48. The van der Waals surface area contributed by atoms with Gasteiger partial charge in [0.1, 0.15) is 6.04 Å². The van der Waals surface area contributed by atoms with Crippen LogP contribution in [0.15, 0.2) is 0 Å². The van der Waals surface area contributed by atoms with Crippen molar-refractivity contribution in [2.24, 2.45) is 11.8 Å². The predicted molar refractivity (Wildman–Crippen MR) is 74.4 cm³/mol. The molecule has 0 bridgehead atoms. The molecule has 3 aliphatic rings. The van der Waals surface area contributed by atoms with Crippen molar-refractivity contribution < 1.29 is 19.5 Å². The zero-order valence-corrected chi connectivity index (χ0v) is 12.1. The number of carboxylic acid groups (broad SMARTS) is 1. The summed E-state index contributed by atoms with van der Waals surface area (Å²) in [7, 11) is 0. The monoisotopic (exact) mass is 294 g/mol. The number of amides is 2. The normalized spacial score (nSPS) is 32.2. The van der Waals surface area contributed by atoms with Crippen LogP contribution in [0.5, 0.6) is 0 Å². The van der Waals surface area contributed by atoms with E-state index < -0.39 is 11.9 Å². The van der Waals surface area contributed by atoms with E-state index in [1.807, 2.05) is 0 Å². The van der Waals surface area contributed by atoms with Crippen molar-refractivity contribution in [2.45, 2.75) is 57.0 Å². The number of carboxylic acids is 1. The Morgan fingerprint density at radius 3 is 2.33 bits per heavy atom. The van der Waals surface area contributed by atoms with Gasteiger partial charge in [-0.2, -0.15) is 0 Å². The third-order valence-electron chi connectivity index (χ3n) is 4.89. The van der Waals surface area contributed by atoms with E-state index in [9.17, 15) is 14.4 Å². The number of carbonyl (C=O) groups excluding carboxylic acids is 2. The zero-order valence-electron chi connectivity index (χ0n) is 12.1. The summed E-state index contributed by atoms with van der Waals surface area (Å²) in [6.07, 6.45) is 5.26. The van der Waals surface area contributed by atoms with Crippen LogP contribution in [0.25, 0.3) is 0 Å². The average molecular weight is 294 g/mol. The molecule has 3 atom stereocenters. The smallest absolute Gasteiger partial charge is 0.306 e. The van der Waals surface area contributed by atoms with Crippen molar-refractivity contribution in [1.82, 2.24) is 10.2 Å². The second kappa shape index (κ2) is 5.66. The Bertz CT molecular complexity index is 461. The zero-order chi connectivity index (χ0) is 15.0. The van der Waals surface area contributed by atoms with Crippen molar-refractivity contribution >= 4 is 17.8 Å². The maximum absolute atomic E-state index is 12.6. The number of hydrogen-bond acceptors (Lipinski definition) is 3. The number of hydrogen-bond donors (Lipinski definition) is 2. The van der Waals surface area contributed by atoms with E-state index in [1.165, 1.54) is 0 Å². The minimum atomic E-state index is -0.810. The lowest BCUT2D eigenvalue weighted by molar-refractivity contribution is -0.143. The van der Waals surface area contributed by atoms with Crippen molar-refractivity contribution in [3.05, 3.63) is 0 Å². The molecule has 2 N–H and O–H groups in total. The number of nitrogens with zero attached hydrogens (tertiary/aromatic N) is 1. The molecule has 2 amide bonds. The first-order chi connectivity index (χ1) is 10.1. The molecule has 0 aromatic carbocycles. The molecular formula is C15H22N2O4. The van der Waals surface area contributed by atoms with Crippen LogP contribution in [0.1, 0.15) is 44.9 Å². The van der Waals surface area contributed by atoms with Gasteiger partial charge >= 0.3 is 5.97 Å². The minimum Gasteiger partial charge on any atom is -0.481 e. The standard InChI is InChI=1S/C15H22N2O4/c18-13(16-11-5-6-11)12-2-1-7-17(12)14(19)9-3-4-10(8-9)15(20)21/h9-12H,1-8H2,(H,16,18)(H,20,21)/t9-,10+,12?/m1/s1. The van der Waals surface area contributed by atoms with Gasteiger partial charge in [-0.05, 0) is 44.9 Å². The predicted octanol–water partition coefficient (Wildman–Crippen LogP) is 0.757. The second-order valence-electron chi connectivity index (χ2n) is 6.52. The maximum atomic E-state index is 12.6. The summed E-state index contributed by atoms with van der Waals surface area (Å²) in [6, 6.07) is -0.0418. The molecule has 21 heavy (non-hydrogen) atoms. The van der Waals surface area contributed by atoms with Crippen LogP contribution in [-0.2, 0) is 14.4 Å². The number of carbonyl (C=O) groups is 3. The summed E-state index contributed by atoms with van der Waals surface area (Å²) in [5.41, 5.74) is 0. The average Bonchev–Trinajstić information content (AvgIpc) is 2.99. The Kier molecular flexibility index (Phi) is 3.87. The fourth-order valence-electron chi connectivity index (χ4n) is 3.49. The molecule has 0 aromatic rings. The molecule has 6 heteroatoms. The van der Waals surface area contributed by atoms with Gasteiger partial charge in [0.05, 0.1) is 5.92 Å². The third kappa shape index (κ3) is 3.04. The van der Waals surface area contributed by atoms with Gasteiger partial charge < -0.3 is 15.3 Å². The third-order valence-corrected chi connectivity index (χ3v) is 4.89. The quantitative estimate of drug-likeness (QED) is 0.801. The van der Waals surface area contributed by atoms with Gasteiger partial charge in [-0.15, -0.1) is 0 Å². The summed E-state index contributed by atoms with van der Waals surface area (Å²) in [6.45, 7) is 0.621. The minimum absolute atomic E-state index is 0.0211. The number of aliphatic carboxylic acids is 1. The molecule has 2 saturated carbocycles. The highest BCUT2D eigenvalue weighted by Crippen LogP contribution is 2.34. The van der Waals surface area contributed by atoms with Crippen molar-refractivity contribution in [3.63, 3.8) is 0 Å². The van der Waals surface area contributed by atoms with E-state index in [1.54, 1.807) is 4.90 Å². The van der Waals surface area contributed by atoms with E-state index >= 15 is 0 Å². The molecule has 1 saturated heterocycles. The largest absolute Gasteiger partial charge is 0.481 e. The topological polar surface area (TPSA) is 86.7 Å². The molecule has 1 heterocycles. The first-order valence-corrected chi connectivity index (χ1v) is 7.90. The van der Waals surface area contributed by atoms with Crippen LogP contribution in [0, 0.1) is 11.8 Å². The van der Waals surface area contributed by atoms with Gasteiger partial charge in [-0.25, -0.2) is 0 Å². The van der Waals surface area contributed by atoms with Crippen molar-refractivity contribution in [2.75, 3.05) is 6.54 Å². The first-order valence-electron chi connectivity index (χ1n) is 7.90. The van der Waals surface area contributed by atoms with Gasteiger partial charge in [0.2, 0.25) is 11.8 Å². The van der Waals surface area contributed by atoms with Crippen LogP contribution in [0.4, 0.5) is 0 Å². The fraction of sp³-hybridized carbons (Fsp3) is 0.800. The molecule has 0 aromatic heterocycles. The highest BCUT2D eigenvalue weighted by atomic mass is 16.4. The van der Waals surface area contributed by atoms with E-state index in [4.69, 9.17) is 5.11 Å². The summed E-state index contributed by atoms with van der Waals surface area (Å²) in [5.74, 6) is -1.49. The Balaban J connectivity index is 1.60. The van der Waals surface area contributed by atoms with Crippen LogP contribution < -0.4 is 5.32 Å². The van der Waals surface area contributed by atoms with E-state index in [-0.39, 0.29) is 23.8 Å². The summed E-state index contributed by atoms with van der Waals surface area (Å²) < 4.78 is 0. The lowest BCUT2D eigenvalue weighted by atomic mass is 10.0. The summed E-state index contributed by atoms with van der Waals surface area (Å²) in [4.78, 5) is 37.5. The maximum Gasteiger partial charge on any atom is 0.306 e. The van der Waals surface area contributed by atoms with Crippen LogP contribution in [0.3, 0.4) is 0 Å². The highest BCUT2D eigenvalue weighted by molar-refractivity contribution is 5.89. The number of rotatable bonds is 4. The molecule has 0 radical (unpaired) electrons. The van der Waals surface area contributed by atoms with E-state index in [0.29, 0.717) is 31.8 Å². The van der Waals surface area contributed by atoms with Gasteiger partial charge in [0.15, 0.2) is 0 Å². The summed E-state index contributed by atoms with van der Waals surface area (Å²) >= 11 is 0. The molecule has 6 nitrogen and oxygen atoms in total. The van der Waals surface area contributed by atoms with Crippen LogP contribution in [0.2, 0.25) is 0 Å². The van der Waals surface area contributed by atoms with Crippen molar-refractivity contribution in [3.8, 4) is 0 Å². The molecule has 3 fully saturated rings. The summed E-state index contributed by atoms with van der Waals surface area (Å²) in [5, 5.41) is 12.0. The molecule has 1 aliphatic heterocycles. The van der Waals surface area contributed by atoms with Gasteiger partial charge in [0, 0.05) is 18.5 Å². The van der Waals surface area contributed by atoms with Gasteiger partial charge in [0.25, 0.3) is 0 Å². The van der Waals surface area contributed by atoms with Crippen LogP contribution >= 0.6 is 0 Å². The Morgan fingerprint density at radius 1 is 1.00 bits per heavy atom. The molecule has 0 spiro atoms. The molecule has 1 unspecified atom stereocenters. The first kappa shape index (κ1) is 14.4. The molecule has 116 valence electrons. The molecular weight excluding hydrogens is 272 g/mol. The second-order valence-corrected chi connectivity index (χ2v) is 6.52. The van der Waals surface area contributed by atoms with E-state index in [2.05, 4.69) is 5.32 Å². The SMILES string of the molecule is O=C(NC1CC1)C1CCCN1C(=O)[C@@H]1CC[C@H](C(=O)O)C1. The van der Waals surface area contributed by atoms with Gasteiger partial charge in [-0.3, -0.25) is 14.4 Å². The Labute approximate surface area is 123 Å². The highest BCUT2D eigenvalue weighted by Gasteiger charge is 2.41. The number of likely N-dealkylation sites (tertiary alicyclic amines) is 1. The lowest BCUT2D eigenvalue weighted by Gasteiger charge is -2.26. The van der Waals surface area contributed by atoms with Crippen LogP contribution in [-0.4, -0.2) is 46.4 Å². The van der Waals surface area contributed by atoms with E-state index in [0.717, 1.165) is 25.7 Å². The Hall–Kier alpha value is -1.59. The van der Waals surface area contributed by atoms with Gasteiger partial charge in [-0.1, -0.05) is 0 Å². The molecule has 2 aliphatic carbocycles. The number of nitrogens with one attached hydrogen (secondary N) is 1. The van der Waals surface area contributed by atoms with Crippen molar-refractivity contribution in [1.29, 1.82) is 0 Å². The Morgan fingerprint density at radius 2 is 1.71 bits per heavy atom. The molecule has 3 rings (SSSR count). The fourth-order valence-corrected chi connectivity index (χ4v) is 3.49.